The van der Waals surface area contributed by atoms with Gasteiger partial charge in [0.1, 0.15) is 0 Å². The van der Waals surface area contributed by atoms with Gasteiger partial charge in [0.25, 0.3) is 0 Å². The van der Waals surface area contributed by atoms with Gasteiger partial charge in [0.15, 0.2) is 11.5 Å². The van der Waals surface area contributed by atoms with Crippen molar-refractivity contribution >= 4 is 0 Å². The van der Waals surface area contributed by atoms with Crippen LogP contribution in [0.25, 0.3) is 11.1 Å². The fraction of sp³-hybridized carbons (Fsp3) is 0.556. The standard InChI is InChI=1S/C27H37NO6/c29-18-23-16-24(30)25(31)17-28(23)11-2-1-3-12-32-19-20-5-7-21(8-6-20)22-9-10-26-27(15-22)34-14-4-13-33-26/h5-10,15,23-25,29-31H,1-4,11-14,16-19H2/t23-,24?,25+/m1/s1. The molecule has 186 valence electrons. The summed E-state index contributed by atoms with van der Waals surface area (Å²) in [5, 5.41) is 29.2. The Hall–Kier alpha value is -2.16. The first-order valence-corrected chi connectivity index (χ1v) is 12.4. The Morgan fingerprint density at radius 2 is 1.65 bits per heavy atom. The first kappa shape index (κ1) is 24.9. The summed E-state index contributed by atoms with van der Waals surface area (Å²) in [6.07, 6.45) is 2.84. The Kier molecular flexibility index (Phi) is 9.18. The van der Waals surface area contributed by atoms with Crippen LogP contribution in [-0.4, -0.2) is 78.0 Å². The van der Waals surface area contributed by atoms with E-state index < -0.39 is 12.2 Å². The van der Waals surface area contributed by atoms with Gasteiger partial charge in [-0.15, -0.1) is 0 Å². The van der Waals surface area contributed by atoms with Crippen LogP contribution in [0, 0.1) is 0 Å². The van der Waals surface area contributed by atoms with E-state index in [1.807, 2.05) is 12.1 Å². The van der Waals surface area contributed by atoms with E-state index in [1.165, 1.54) is 0 Å². The first-order chi connectivity index (χ1) is 16.6. The molecule has 0 saturated carbocycles. The van der Waals surface area contributed by atoms with Crippen LogP contribution >= 0.6 is 0 Å². The number of fused-ring (bicyclic) bond motifs is 1. The highest BCUT2D eigenvalue weighted by Gasteiger charge is 2.32. The Balaban J connectivity index is 1.15. The van der Waals surface area contributed by atoms with E-state index in [-0.39, 0.29) is 12.6 Å². The summed E-state index contributed by atoms with van der Waals surface area (Å²) < 4.78 is 17.4. The first-order valence-electron chi connectivity index (χ1n) is 12.4. The molecule has 2 heterocycles. The van der Waals surface area contributed by atoms with Crippen LogP contribution in [0.4, 0.5) is 0 Å². The molecule has 0 amide bonds. The van der Waals surface area contributed by atoms with E-state index >= 15 is 0 Å². The van der Waals surface area contributed by atoms with Gasteiger partial charge in [-0.3, -0.25) is 4.90 Å². The van der Waals surface area contributed by atoms with Crippen molar-refractivity contribution in [3.8, 4) is 22.6 Å². The highest BCUT2D eigenvalue weighted by molar-refractivity contribution is 5.67. The number of hydrogen-bond acceptors (Lipinski definition) is 7. The van der Waals surface area contributed by atoms with Gasteiger partial charge in [-0.2, -0.15) is 0 Å². The summed E-state index contributed by atoms with van der Waals surface area (Å²) in [6.45, 7) is 3.92. The molecule has 0 aromatic heterocycles. The van der Waals surface area contributed by atoms with Crippen molar-refractivity contribution in [2.24, 2.45) is 0 Å². The fourth-order valence-electron chi connectivity index (χ4n) is 4.58. The van der Waals surface area contributed by atoms with E-state index in [4.69, 9.17) is 14.2 Å². The molecule has 1 saturated heterocycles. The van der Waals surface area contributed by atoms with Gasteiger partial charge in [0.2, 0.25) is 0 Å². The third-order valence-electron chi connectivity index (χ3n) is 6.64. The second kappa shape index (κ2) is 12.5. The lowest BCUT2D eigenvalue weighted by molar-refractivity contribution is -0.0711. The largest absolute Gasteiger partial charge is 0.490 e. The van der Waals surface area contributed by atoms with Crippen LogP contribution in [0.15, 0.2) is 42.5 Å². The number of likely N-dealkylation sites (tertiary alicyclic amines) is 1. The lowest BCUT2D eigenvalue weighted by Crippen LogP contribution is -2.53. The normalized spacial score (nSPS) is 23.0. The highest BCUT2D eigenvalue weighted by atomic mass is 16.5. The number of nitrogens with zero attached hydrogens (tertiary/aromatic N) is 1. The summed E-state index contributed by atoms with van der Waals surface area (Å²) in [7, 11) is 0. The molecule has 3 atom stereocenters. The molecule has 0 aliphatic carbocycles. The zero-order valence-corrected chi connectivity index (χ0v) is 19.8. The average Bonchev–Trinajstić information content (AvgIpc) is 3.10. The topological polar surface area (TPSA) is 91.6 Å². The molecule has 4 rings (SSSR count). The van der Waals surface area contributed by atoms with Crippen molar-refractivity contribution in [3.63, 3.8) is 0 Å². The second-order valence-electron chi connectivity index (χ2n) is 9.22. The van der Waals surface area contributed by atoms with Crippen molar-refractivity contribution < 1.29 is 29.5 Å². The van der Waals surface area contributed by atoms with E-state index in [0.29, 0.717) is 39.4 Å². The molecule has 1 fully saturated rings. The molecule has 2 aromatic rings. The fourth-order valence-corrected chi connectivity index (χ4v) is 4.58. The minimum Gasteiger partial charge on any atom is -0.490 e. The third-order valence-corrected chi connectivity index (χ3v) is 6.64. The molecule has 34 heavy (non-hydrogen) atoms. The Bertz CT molecular complexity index is 889. The number of benzene rings is 2. The Labute approximate surface area is 201 Å². The molecule has 1 unspecified atom stereocenters. The third kappa shape index (κ3) is 6.71. The molecular formula is C27H37NO6. The molecule has 2 aromatic carbocycles. The number of aliphatic hydroxyl groups is 3. The number of hydrogen-bond donors (Lipinski definition) is 3. The predicted molar refractivity (Wildman–Crippen MR) is 130 cm³/mol. The predicted octanol–water partition coefficient (Wildman–Crippen LogP) is 2.99. The van der Waals surface area contributed by atoms with Crippen LogP contribution in [0.3, 0.4) is 0 Å². The monoisotopic (exact) mass is 471 g/mol. The van der Waals surface area contributed by atoms with Crippen LogP contribution in [0.2, 0.25) is 0 Å². The number of unbranched alkanes of at least 4 members (excludes halogenated alkanes) is 2. The lowest BCUT2D eigenvalue weighted by atomic mass is 9.97. The molecule has 7 heteroatoms. The Morgan fingerprint density at radius 3 is 2.44 bits per heavy atom. The van der Waals surface area contributed by atoms with Crippen LogP contribution in [0.1, 0.15) is 37.7 Å². The van der Waals surface area contributed by atoms with Crippen molar-refractivity contribution in [1.82, 2.24) is 4.90 Å². The average molecular weight is 472 g/mol. The minimum absolute atomic E-state index is 0.0142. The lowest BCUT2D eigenvalue weighted by Gasteiger charge is -2.39. The minimum atomic E-state index is -0.734. The van der Waals surface area contributed by atoms with Gasteiger partial charge in [0, 0.05) is 25.6 Å². The van der Waals surface area contributed by atoms with Gasteiger partial charge < -0.3 is 29.5 Å². The van der Waals surface area contributed by atoms with Gasteiger partial charge in [0.05, 0.1) is 38.6 Å². The molecule has 3 N–H and O–H groups in total. The molecule has 0 bridgehead atoms. The van der Waals surface area contributed by atoms with E-state index in [0.717, 1.165) is 60.4 Å². The van der Waals surface area contributed by atoms with E-state index in [1.54, 1.807) is 0 Å². The maximum atomic E-state index is 9.88. The molecule has 7 nitrogen and oxygen atoms in total. The van der Waals surface area contributed by atoms with Crippen LogP contribution in [0.5, 0.6) is 11.5 Å². The zero-order chi connectivity index (χ0) is 23.8. The molecular weight excluding hydrogens is 434 g/mol. The summed E-state index contributed by atoms with van der Waals surface area (Å²) >= 11 is 0. The highest BCUT2D eigenvalue weighted by Crippen LogP contribution is 2.34. The number of rotatable bonds is 10. The van der Waals surface area contributed by atoms with Crippen molar-refractivity contribution in [2.75, 3.05) is 39.5 Å². The summed E-state index contributed by atoms with van der Waals surface area (Å²) in [4.78, 5) is 2.09. The van der Waals surface area contributed by atoms with Crippen LogP contribution < -0.4 is 9.47 Å². The quantitative estimate of drug-likeness (QED) is 0.459. The van der Waals surface area contributed by atoms with Gasteiger partial charge >= 0.3 is 0 Å². The number of β-amino-alcohol motifs (C(OH)–C–C–N with tert-alkyl or cyclic N) is 1. The van der Waals surface area contributed by atoms with Crippen molar-refractivity contribution in [2.45, 2.75) is 57.0 Å². The number of ether oxygens (including phenoxy) is 3. The van der Waals surface area contributed by atoms with E-state index in [2.05, 4.69) is 35.2 Å². The molecule has 0 radical (unpaired) electrons. The van der Waals surface area contributed by atoms with Gasteiger partial charge in [-0.25, -0.2) is 0 Å². The summed E-state index contributed by atoms with van der Waals surface area (Å²) in [5.41, 5.74) is 3.39. The summed E-state index contributed by atoms with van der Waals surface area (Å²) in [6, 6.07) is 14.4. The second-order valence-corrected chi connectivity index (χ2v) is 9.22. The zero-order valence-electron chi connectivity index (χ0n) is 19.8. The van der Waals surface area contributed by atoms with E-state index in [9.17, 15) is 15.3 Å². The van der Waals surface area contributed by atoms with Gasteiger partial charge in [-0.05, 0) is 61.1 Å². The molecule has 2 aliphatic rings. The SMILES string of the molecule is OC[C@H]1CC(O)[C@@H](O)CN1CCCCCOCc1ccc(-c2ccc3c(c2)OCCCO3)cc1. The number of piperidine rings is 1. The van der Waals surface area contributed by atoms with Crippen molar-refractivity contribution in [1.29, 1.82) is 0 Å². The van der Waals surface area contributed by atoms with Crippen LogP contribution in [-0.2, 0) is 11.3 Å². The molecule has 0 spiro atoms. The smallest absolute Gasteiger partial charge is 0.161 e. The molecule has 2 aliphatic heterocycles. The maximum absolute atomic E-state index is 9.88. The maximum Gasteiger partial charge on any atom is 0.161 e. The van der Waals surface area contributed by atoms with Gasteiger partial charge in [-0.1, -0.05) is 30.3 Å². The Morgan fingerprint density at radius 1 is 0.882 bits per heavy atom. The number of aliphatic hydroxyl groups excluding tert-OH is 3. The van der Waals surface area contributed by atoms with Crippen molar-refractivity contribution in [3.05, 3.63) is 48.0 Å². The summed E-state index contributed by atoms with van der Waals surface area (Å²) in [5.74, 6) is 1.62.